The molecule has 1 aromatic carbocycles. The van der Waals surface area contributed by atoms with E-state index in [2.05, 4.69) is 10.0 Å². The Kier molecular flexibility index (Phi) is 5.15. The van der Waals surface area contributed by atoms with Crippen molar-refractivity contribution in [3.05, 3.63) is 33.9 Å². The van der Waals surface area contributed by atoms with Crippen molar-refractivity contribution in [2.75, 3.05) is 13.1 Å². The third kappa shape index (κ3) is 3.82. The number of sulfonamides is 1. The van der Waals surface area contributed by atoms with E-state index in [-0.39, 0.29) is 22.5 Å². The van der Waals surface area contributed by atoms with Crippen molar-refractivity contribution in [3.63, 3.8) is 0 Å². The second-order valence-corrected chi connectivity index (χ2v) is 7.41. The summed E-state index contributed by atoms with van der Waals surface area (Å²) in [5.74, 6) is 0.225. The summed E-state index contributed by atoms with van der Waals surface area (Å²) in [6.07, 6.45) is 1.98. The maximum atomic E-state index is 12.5. The van der Waals surface area contributed by atoms with E-state index in [0.29, 0.717) is 5.56 Å². The molecular formula is C14H21N3O4S. The Morgan fingerprint density at radius 3 is 2.77 bits per heavy atom. The van der Waals surface area contributed by atoms with Gasteiger partial charge >= 0.3 is 0 Å². The molecule has 0 aromatic heterocycles. The molecule has 0 amide bonds. The second-order valence-electron chi connectivity index (χ2n) is 5.72. The molecule has 2 N–H and O–H groups in total. The Labute approximate surface area is 130 Å². The molecule has 1 aliphatic heterocycles. The maximum Gasteiger partial charge on any atom is 0.270 e. The van der Waals surface area contributed by atoms with Gasteiger partial charge in [0, 0.05) is 18.2 Å². The Balaban J connectivity index is 2.22. The number of nitrogens with zero attached hydrogens (tertiary/aromatic N) is 1. The van der Waals surface area contributed by atoms with Crippen LogP contribution in [0.5, 0.6) is 0 Å². The lowest BCUT2D eigenvalue weighted by Crippen LogP contribution is -2.44. The Hall–Kier alpha value is -1.51. The van der Waals surface area contributed by atoms with Crippen LogP contribution in [0.4, 0.5) is 5.69 Å². The number of nitro groups is 1. The van der Waals surface area contributed by atoms with Crippen LogP contribution in [-0.2, 0) is 10.0 Å². The first-order valence-electron chi connectivity index (χ1n) is 7.29. The van der Waals surface area contributed by atoms with E-state index in [1.165, 1.54) is 12.1 Å². The minimum Gasteiger partial charge on any atom is -0.316 e. The van der Waals surface area contributed by atoms with E-state index in [4.69, 9.17) is 0 Å². The minimum absolute atomic E-state index is 0.0303. The van der Waals surface area contributed by atoms with Crippen LogP contribution in [0, 0.1) is 23.0 Å². The number of benzene rings is 1. The zero-order valence-electron chi connectivity index (χ0n) is 12.7. The van der Waals surface area contributed by atoms with Gasteiger partial charge in [-0.1, -0.05) is 6.07 Å². The summed E-state index contributed by atoms with van der Waals surface area (Å²) in [6.45, 7) is 5.20. The smallest absolute Gasteiger partial charge is 0.270 e. The molecule has 2 unspecified atom stereocenters. The highest BCUT2D eigenvalue weighted by Crippen LogP contribution is 2.23. The van der Waals surface area contributed by atoms with E-state index in [9.17, 15) is 18.5 Å². The van der Waals surface area contributed by atoms with Gasteiger partial charge in [-0.2, -0.15) is 0 Å². The van der Waals surface area contributed by atoms with Crippen molar-refractivity contribution in [1.29, 1.82) is 0 Å². The van der Waals surface area contributed by atoms with Crippen molar-refractivity contribution in [2.24, 2.45) is 5.92 Å². The van der Waals surface area contributed by atoms with Gasteiger partial charge in [0.2, 0.25) is 10.0 Å². The van der Waals surface area contributed by atoms with Gasteiger partial charge < -0.3 is 5.32 Å². The number of non-ortho nitro benzene ring substituents is 1. The number of rotatable bonds is 5. The monoisotopic (exact) mass is 327 g/mol. The topological polar surface area (TPSA) is 101 Å². The number of hydrogen-bond donors (Lipinski definition) is 2. The van der Waals surface area contributed by atoms with E-state index in [1.54, 1.807) is 6.92 Å². The lowest BCUT2D eigenvalue weighted by molar-refractivity contribution is -0.385. The number of nitrogens with one attached hydrogen (secondary N) is 2. The average Bonchev–Trinajstić information content (AvgIpc) is 2.47. The highest BCUT2D eigenvalue weighted by atomic mass is 32.2. The van der Waals surface area contributed by atoms with Gasteiger partial charge in [-0.3, -0.25) is 10.1 Å². The van der Waals surface area contributed by atoms with Crippen LogP contribution in [0.2, 0.25) is 0 Å². The van der Waals surface area contributed by atoms with Crippen molar-refractivity contribution in [2.45, 2.75) is 37.6 Å². The molecular weight excluding hydrogens is 306 g/mol. The van der Waals surface area contributed by atoms with Gasteiger partial charge in [0.05, 0.1) is 9.82 Å². The fourth-order valence-corrected chi connectivity index (χ4v) is 4.28. The first kappa shape index (κ1) is 16.9. The van der Waals surface area contributed by atoms with Gasteiger partial charge in [-0.15, -0.1) is 0 Å². The highest BCUT2D eigenvalue weighted by Gasteiger charge is 2.27. The standard InChI is InChI=1S/C14H21N3O4S/c1-10-5-6-13(17(18)19)8-14(10)22(20,21)16-11(2)12-4-3-7-15-9-12/h5-6,8,11-12,15-16H,3-4,7,9H2,1-2H3. The largest absolute Gasteiger partial charge is 0.316 e. The van der Waals surface area contributed by atoms with E-state index < -0.39 is 14.9 Å². The molecule has 1 fully saturated rings. The fourth-order valence-electron chi connectivity index (χ4n) is 2.70. The molecule has 2 atom stereocenters. The van der Waals surface area contributed by atoms with Crippen LogP contribution in [0.25, 0.3) is 0 Å². The summed E-state index contributed by atoms with van der Waals surface area (Å²) >= 11 is 0. The summed E-state index contributed by atoms with van der Waals surface area (Å²) < 4.78 is 27.7. The SMILES string of the molecule is Cc1ccc([N+](=O)[O-])cc1S(=O)(=O)NC(C)C1CCCNC1. The molecule has 0 spiro atoms. The van der Waals surface area contributed by atoms with E-state index in [0.717, 1.165) is 32.0 Å². The first-order chi connectivity index (χ1) is 10.3. The number of aryl methyl sites for hydroxylation is 1. The van der Waals surface area contributed by atoms with Gasteiger partial charge in [0.15, 0.2) is 0 Å². The van der Waals surface area contributed by atoms with Gasteiger partial charge in [-0.05, 0) is 51.3 Å². The Morgan fingerprint density at radius 2 is 2.18 bits per heavy atom. The van der Waals surface area contributed by atoms with E-state index in [1.807, 2.05) is 6.92 Å². The normalized spacial score (nSPS) is 20.5. The van der Waals surface area contributed by atoms with Crippen LogP contribution < -0.4 is 10.0 Å². The molecule has 0 saturated carbocycles. The van der Waals surface area contributed by atoms with Crippen molar-refractivity contribution >= 4 is 15.7 Å². The van der Waals surface area contributed by atoms with Crippen LogP contribution >= 0.6 is 0 Å². The summed E-state index contributed by atoms with van der Waals surface area (Å²) in [4.78, 5) is 10.2. The van der Waals surface area contributed by atoms with Gasteiger partial charge in [-0.25, -0.2) is 13.1 Å². The lowest BCUT2D eigenvalue weighted by atomic mass is 9.94. The van der Waals surface area contributed by atoms with Crippen molar-refractivity contribution in [3.8, 4) is 0 Å². The first-order valence-corrected chi connectivity index (χ1v) is 8.77. The molecule has 1 saturated heterocycles. The van der Waals surface area contributed by atoms with Crippen molar-refractivity contribution in [1.82, 2.24) is 10.0 Å². The fraction of sp³-hybridized carbons (Fsp3) is 0.571. The van der Waals surface area contributed by atoms with Crippen LogP contribution in [-0.4, -0.2) is 32.5 Å². The van der Waals surface area contributed by atoms with Gasteiger partial charge in [0.1, 0.15) is 0 Å². The molecule has 22 heavy (non-hydrogen) atoms. The zero-order valence-corrected chi connectivity index (χ0v) is 13.5. The molecule has 0 aliphatic carbocycles. The van der Waals surface area contributed by atoms with Gasteiger partial charge in [0.25, 0.3) is 5.69 Å². The molecule has 8 heteroatoms. The maximum absolute atomic E-state index is 12.5. The Bertz CT molecular complexity index is 654. The summed E-state index contributed by atoms with van der Waals surface area (Å²) in [7, 11) is -3.78. The summed E-state index contributed by atoms with van der Waals surface area (Å²) in [6, 6.07) is 3.66. The third-order valence-corrected chi connectivity index (χ3v) is 5.76. The molecule has 1 aliphatic rings. The molecule has 0 radical (unpaired) electrons. The summed E-state index contributed by atoms with van der Waals surface area (Å²) in [5.41, 5.74) is 0.269. The zero-order chi connectivity index (χ0) is 16.3. The molecule has 122 valence electrons. The number of piperidine rings is 1. The van der Waals surface area contributed by atoms with Crippen LogP contribution in [0.15, 0.2) is 23.1 Å². The third-order valence-electron chi connectivity index (χ3n) is 4.06. The molecule has 1 heterocycles. The van der Waals surface area contributed by atoms with Crippen LogP contribution in [0.1, 0.15) is 25.3 Å². The van der Waals surface area contributed by atoms with E-state index >= 15 is 0 Å². The number of nitro benzene ring substituents is 1. The predicted molar refractivity (Wildman–Crippen MR) is 83.2 cm³/mol. The molecule has 2 rings (SSSR count). The average molecular weight is 327 g/mol. The second kappa shape index (κ2) is 6.72. The lowest BCUT2D eigenvalue weighted by Gasteiger charge is -2.28. The number of hydrogen-bond acceptors (Lipinski definition) is 5. The Morgan fingerprint density at radius 1 is 1.45 bits per heavy atom. The van der Waals surface area contributed by atoms with Crippen molar-refractivity contribution < 1.29 is 13.3 Å². The minimum atomic E-state index is -3.78. The molecule has 7 nitrogen and oxygen atoms in total. The predicted octanol–water partition coefficient (Wildman–Crippen LogP) is 1.57. The molecule has 1 aromatic rings. The quantitative estimate of drug-likeness (QED) is 0.631. The summed E-state index contributed by atoms with van der Waals surface area (Å²) in [5, 5.41) is 14.1. The molecule has 0 bridgehead atoms. The highest BCUT2D eigenvalue weighted by molar-refractivity contribution is 7.89. The van der Waals surface area contributed by atoms with Crippen LogP contribution in [0.3, 0.4) is 0 Å².